The SMILES string of the molecule is NCc1nccn1CC(=O)Nc1ccc(F)cc1. The number of carbonyl (C=O) groups is 1. The summed E-state index contributed by atoms with van der Waals surface area (Å²) in [5, 5.41) is 2.66. The molecule has 1 amide bonds. The van der Waals surface area contributed by atoms with Gasteiger partial charge in [0.05, 0.1) is 6.54 Å². The van der Waals surface area contributed by atoms with Crippen LogP contribution in [-0.2, 0) is 17.9 Å². The molecule has 2 aromatic rings. The summed E-state index contributed by atoms with van der Waals surface area (Å²) < 4.78 is 14.4. The van der Waals surface area contributed by atoms with Crippen LogP contribution in [0.25, 0.3) is 0 Å². The van der Waals surface area contributed by atoms with E-state index < -0.39 is 0 Å². The molecule has 0 aliphatic rings. The maximum atomic E-state index is 12.7. The van der Waals surface area contributed by atoms with E-state index in [0.29, 0.717) is 11.5 Å². The molecule has 0 fully saturated rings. The van der Waals surface area contributed by atoms with Crippen LogP contribution in [0.1, 0.15) is 5.82 Å². The number of nitrogens with zero attached hydrogens (tertiary/aromatic N) is 2. The molecule has 0 aliphatic heterocycles. The van der Waals surface area contributed by atoms with Crippen molar-refractivity contribution in [1.29, 1.82) is 0 Å². The molecule has 0 aliphatic carbocycles. The number of amides is 1. The van der Waals surface area contributed by atoms with Gasteiger partial charge in [-0.2, -0.15) is 0 Å². The number of benzene rings is 1. The minimum Gasteiger partial charge on any atom is -0.325 e. The van der Waals surface area contributed by atoms with Crippen LogP contribution < -0.4 is 11.1 Å². The zero-order chi connectivity index (χ0) is 13.0. The largest absolute Gasteiger partial charge is 0.325 e. The van der Waals surface area contributed by atoms with Crippen LogP contribution in [0.2, 0.25) is 0 Å². The van der Waals surface area contributed by atoms with Gasteiger partial charge in [0.25, 0.3) is 0 Å². The van der Waals surface area contributed by atoms with Crippen molar-refractivity contribution >= 4 is 11.6 Å². The topological polar surface area (TPSA) is 72.9 Å². The van der Waals surface area contributed by atoms with Crippen LogP contribution in [0.5, 0.6) is 0 Å². The van der Waals surface area contributed by atoms with Crippen molar-refractivity contribution in [3.63, 3.8) is 0 Å². The molecule has 0 saturated heterocycles. The Morgan fingerprint density at radius 2 is 2.11 bits per heavy atom. The number of hydrogen-bond donors (Lipinski definition) is 2. The summed E-state index contributed by atoms with van der Waals surface area (Å²) in [7, 11) is 0. The molecule has 2 rings (SSSR count). The smallest absolute Gasteiger partial charge is 0.244 e. The second-order valence-corrected chi connectivity index (χ2v) is 3.73. The van der Waals surface area contributed by atoms with Gasteiger partial charge in [-0.25, -0.2) is 9.37 Å². The van der Waals surface area contributed by atoms with Crippen molar-refractivity contribution in [2.24, 2.45) is 5.73 Å². The molecule has 0 atom stereocenters. The number of carbonyl (C=O) groups excluding carboxylic acids is 1. The minimum atomic E-state index is -0.340. The highest BCUT2D eigenvalue weighted by Crippen LogP contribution is 2.08. The fourth-order valence-electron chi connectivity index (χ4n) is 1.56. The summed E-state index contributed by atoms with van der Waals surface area (Å²) in [4.78, 5) is 15.8. The van der Waals surface area contributed by atoms with Gasteiger partial charge in [-0.3, -0.25) is 4.79 Å². The first-order valence-corrected chi connectivity index (χ1v) is 5.44. The Hall–Kier alpha value is -2.21. The molecular formula is C12H13FN4O. The zero-order valence-electron chi connectivity index (χ0n) is 9.64. The molecule has 94 valence electrons. The Morgan fingerprint density at radius 1 is 1.39 bits per heavy atom. The van der Waals surface area contributed by atoms with Gasteiger partial charge in [-0.1, -0.05) is 0 Å². The molecule has 18 heavy (non-hydrogen) atoms. The predicted octanol–water partition coefficient (Wildman–Crippen LogP) is 1.12. The highest BCUT2D eigenvalue weighted by molar-refractivity contribution is 5.90. The van der Waals surface area contributed by atoms with Gasteiger partial charge in [0, 0.05) is 18.1 Å². The standard InChI is InChI=1S/C12H13FN4O/c13-9-1-3-10(4-2-9)16-12(18)8-17-6-5-15-11(17)7-14/h1-6H,7-8,14H2,(H,16,18). The summed E-state index contributed by atoms with van der Waals surface area (Å²) in [5.41, 5.74) is 6.03. The lowest BCUT2D eigenvalue weighted by Crippen LogP contribution is -2.20. The second kappa shape index (κ2) is 5.42. The number of nitrogens with one attached hydrogen (secondary N) is 1. The van der Waals surface area contributed by atoms with E-state index in [1.165, 1.54) is 24.3 Å². The Labute approximate surface area is 103 Å². The van der Waals surface area contributed by atoms with E-state index in [0.717, 1.165) is 0 Å². The molecule has 6 heteroatoms. The molecule has 1 heterocycles. The van der Waals surface area contributed by atoms with Crippen molar-refractivity contribution in [3.8, 4) is 0 Å². The van der Waals surface area contributed by atoms with E-state index in [4.69, 9.17) is 5.73 Å². The number of anilines is 1. The van der Waals surface area contributed by atoms with E-state index in [1.54, 1.807) is 17.0 Å². The van der Waals surface area contributed by atoms with E-state index >= 15 is 0 Å². The third-order valence-corrected chi connectivity index (χ3v) is 2.43. The molecule has 0 saturated carbocycles. The molecule has 5 nitrogen and oxygen atoms in total. The third kappa shape index (κ3) is 2.92. The molecule has 3 N–H and O–H groups in total. The van der Waals surface area contributed by atoms with Gasteiger partial charge < -0.3 is 15.6 Å². The maximum absolute atomic E-state index is 12.7. The van der Waals surface area contributed by atoms with Crippen LogP contribution in [-0.4, -0.2) is 15.5 Å². The van der Waals surface area contributed by atoms with Crippen LogP contribution in [0.15, 0.2) is 36.7 Å². The summed E-state index contributed by atoms with van der Waals surface area (Å²) in [6.07, 6.45) is 3.28. The second-order valence-electron chi connectivity index (χ2n) is 3.73. The Balaban J connectivity index is 1.99. The van der Waals surface area contributed by atoms with Crippen molar-refractivity contribution in [1.82, 2.24) is 9.55 Å². The molecule has 0 bridgehead atoms. The van der Waals surface area contributed by atoms with Crippen LogP contribution in [0, 0.1) is 5.82 Å². The van der Waals surface area contributed by atoms with Gasteiger partial charge in [0.15, 0.2) is 0 Å². The average molecular weight is 248 g/mol. The first-order chi connectivity index (χ1) is 8.69. The number of nitrogens with two attached hydrogens (primary N) is 1. The van der Waals surface area contributed by atoms with Crippen molar-refractivity contribution in [2.45, 2.75) is 13.1 Å². The normalized spacial score (nSPS) is 10.3. The van der Waals surface area contributed by atoms with E-state index in [1.807, 2.05) is 0 Å². The van der Waals surface area contributed by atoms with E-state index in [9.17, 15) is 9.18 Å². The number of halogens is 1. The number of aromatic nitrogens is 2. The Morgan fingerprint density at radius 3 is 2.78 bits per heavy atom. The minimum absolute atomic E-state index is 0.129. The molecule has 0 spiro atoms. The first kappa shape index (κ1) is 12.3. The van der Waals surface area contributed by atoms with E-state index in [2.05, 4.69) is 10.3 Å². The summed E-state index contributed by atoms with van der Waals surface area (Å²) in [6.45, 7) is 0.404. The van der Waals surface area contributed by atoms with Crippen LogP contribution in [0.3, 0.4) is 0 Å². The molecule has 0 unspecified atom stereocenters. The lowest BCUT2D eigenvalue weighted by atomic mass is 10.3. The quantitative estimate of drug-likeness (QED) is 0.851. The van der Waals surface area contributed by atoms with Gasteiger partial charge in [-0.05, 0) is 24.3 Å². The highest BCUT2D eigenvalue weighted by Gasteiger charge is 2.06. The zero-order valence-corrected chi connectivity index (χ0v) is 9.64. The number of rotatable bonds is 4. The predicted molar refractivity (Wildman–Crippen MR) is 65.1 cm³/mol. The fourth-order valence-corrected chi connectivity index (χ4v) is 1.56. The highest BCUT2D eigenvalue weighted by atomic mass is 19.1. The average Bonchev–Trinajstić information content (AvgIpc) is 2.79. The first-order valence-electron chi connectivity index (χ1n) is 5.44. The number of imidazole rings is 1. The summed E-state index contributed by atoms with van der Waals surface area (Å²) in [6, 6.07) is 5.59. The van der Waals surface area contributed by atoms with Crippen molar-refractivity contribution in [2.75, 3.05) is 5.32 Å². The van der Waals surface area contributed by atoms with Crippen LogP contribution in [0.4, 0.5) is 10.1 Å². The lowest BCUT2D eigenvalue weighted by Gasteiger charge is -2.07. The van der Waals surface area contributed by atoms with Crippen molar-refractivity contribution in [3.05, 3.63) is 48.3 Å². The molecular weight excluding hydrogens is 235 g/mol. The van der Waals surface area contributed by atoms with Crippen LogP contribution >= 0.6 is 0 Å². The monoisotopic (exact) mass is 248 g/mol. The summed E-state index contributed by atoms with van der Waals surface area (Å²) in [5.74, 6) is 0.0894. The molecule has 1 aromatic heterocycles. The van der Waals surface area contributed by atoms with Gasteiger partial charge in [0.1, 0.15) is 18.2 Å². The molecule has 1 aromatic carbocycles. The fraction of sp³-hybridized carbons (Fsp3) is 0.167. The Kier molecular flexibility index (Phi) is 3.69. The van der Waals surface area contributed by atoms with E-state index in [-0.39, 0.29) is 24.8 Å². The van der Waals surface area contributed by atoms with Gasteiger partial charge in [-0.15, -0.1) is 0 Å². The van der Waals surface area contributed by atoms with Gasteiger partial charge >= 0.3 is 0 Å². The van der Waals surface area contributed by atoms with Gasteiger partial charge in [0.2, 0.25) is 5.91 Å². The van der Waals surface area contributed by atoms with Crippen molar-refractivity contribution < 1.29 is 9.18 Å². The maximum Gasteiger partial charge on any atom is 0.244 e. The number of hydrogen-bond acceptors (Lipinski definition) is 3. The third-order valence-electron chi connectivity index (χ3n) is 2.43. The molecule has 0 radical (unpaired) electrons. The Bertz CT molecular complexity index is 535. The lowest BCUT2D eigenvalue weighted by molar-refractivity contribution is -0.116. The summed E-state index contributed by atoms with van der Waals surface area (Å²) >= 11 is 0.